The molecule has 6 N–H and O–H groups in total. The van der Waals surface area contributed by atoms with Crippen LogP contribution in [-0.2, 0) is 22.7 Å². The standard InChI is InChI=1S/C26H24N4O8/c27-25(28)29-20-8-6-18(7-9-20)24(35)38-21-10-4-16(5-11-21)15-37-26(36)30(14-22(31)32)13-17-2-1-3-19(12-17)23(33)34/h1-12H,13-15H2,(H,31,32)(H,33,34)(H4,27,28,29). The number of carboxylic acid groups (broad SMARTS) is 2. The maximum absolute atomic E-state index is 12.6. The van der Waals surface area contributed by atoms with Gasteiger partial charge < -0.3 is 30.7 Å². The molecule has 0 spiro atoms. The Morgan fingerprint density at radius 1 is 0.895 bits per heavy atom. The molecule has 12 heteroatoms. The number of benzene rings is 3. The van der Waals surface area contributed by atoms with Crippen LogP contribution in [0.25, 0.3) is 0 Å². The lowest BCUT2D eigenvalue weighted by Gasteiger charge is -2.20. The number of guanidine groups is 1. The van der Waals surface area contributed by atoms with Crippen molar-refractivity contribution in [2.45, 2.75) is 13.2 Å². The summed E-state index contributed by atoms with van der Waals surface area (Å²) in [7, 11) is 0. The Bertz CT molecular complexity index is 1340. The highest BCUT2D eigenvalue weighted by molar-refractivity contribution is 5.93. The quantitative estimate of drug-likeness (QED) is 0.115. The number of hydrogen-bond acceptors (Lipinski definition) is 7. The number of nitrogens with one attached hydrogen (secondary N) is 2. The van der Waals surface area contributed by atoms with Crippen LogP contribution in [0.3, 0.4) is 0 Å². The van der Waals surface area contributed by atoms with Crippen LogP contribution in [0.2, 0.25) is 0 Å². The number of carbonyl (C=O) groups excluding carboxylic acids is 2. The average Bonchev–Trinajstić information content (AvgIpc) is 2.87. The Kier molecular flexibility index (Phi) is 8.97. The van der Waals surface area contributed by atoms with E-state index in [0.717, 1.165) is 4.90 Å². The summed E-state index contributed by atoms with van der Waals surface area (Å²) in [4.78, 5) is 48.3. The molecule has 3 rings (SSSR count). The van der Waals surface area contributed by atoms with E-state index in [1.165, 1.54) is 42.5 Å². The first-order valence-electron chi connectivity index (χ1n) is 11.1. The largest absolute Gasteiger partial charge is 0.480 e. The number of rotatable bonds is 10. The van der Waals surface area contributed by atoms with Crippen molar-refractivity contribution in [2.75, 3.05) is 11.9 Å². The summed E-state index contributed by atoms with van der Waals surface area (Å²) in [6, 6.07) is 18.2. The minimum Gasteiger partial charge on any atom is -0.480 e. The van der Waals surface area contributed by atoms with Crippen LogP contribution < -0.4 is 15.8 Å². The highest BCUT2D eigenvalue weighted by Gasteiger charge is 2.19. The SMILES string of the molecule is N=C(N)Nc1ccc(C(=O)Oc2ccc(COC(=O)N(CC(=O)O)Cc3cccc(C(=O)O)c3)cc2)cc1. The van der Waals surface area contributed by atoms with Gasteiger partial charge >= 0.3 is 24.0 Å². The summed E-state index contributed by atoms with van der Waals surface area (Å²) in [5.74, 6) is -2.98. The number of anilines is 1. The molecule has 3 aromatic rings. The molecule has 0 heterocycles. The van der Waals surface area contributed by atoms with Gasteiger partial charge in [-0.25, -0.2) is 14.4 Å². The second-order valence-corrected chi connectivity index (χ2v) is 7.96. The predicted octanol–water partition coefficient (Wildman–Crippen LogP) is 3.13. The Morgan fingerprint density at radius 3 is 2.18 bits per heavy atom. The second-order valence-electron chi connectivity index (χ2n) is 7.96. The molecule has 0 aliphatic heterocycles. The number of ether oxygens (including phenoxy) is 2. The van der Waals surface area contributed by atoms with E-state index in [9.17, 15) is 24.3 Å². The molecule has 0 aliphatic carbocycles. The zero-order chi connectivity index (χ0) is 27.7. The van der Waals surface area contributed by atoms with Crippen molar-refractivity contribution in [1.82, 2.24) is 4.90 Å². The number of hydrogen-bond donors (Lipinski definition) is 5. The monoisotopic (exact) mass is 520 g/mol. The molecule has 196 valence electrons. The molecule has 12 nitrogen and oxygen atoms in total. The summed E-state index contributed by atoms with van der Waals surface area (Å²) in [6.45, 7) is -0.979. The van der Waals surface area contributed by atoms with Crippen LogP contribution in [0.5, 0.6) is 5.75 Å². The Hall–Kier alpha value is -5.39. The summed E-state index contributed by atoms with van der Waals surface area (Å²) in [5.41, 5.74) is 7.08. The number of amides is 1. The maximum atomic E-state index is 12.6. The van der Waals surface area contributed by atoms with Crippen molar-refractivity contribution >= 4 is 35.6 Å². The highest BCUT2D eigenvalue weighted by Crippen LogP contribution is 2.17. The van der Waals surface area contributed by atoms with Crippen LogP contribution in [0.15, 0.2) is 72.8 Å². The number of aliphatic carboxylic acids is 1. The van der Waals surface area contributed by atoms with Gasteiger partial charge in [0.25, 0.3) is 0 Å². The summed E-state index contributed by atoms with van der Waals surface area (Å²) < 4.78 is 10.6. The molecular weight excluding hydrogens is 496 g/mol. The molecule has 0 unspecified atom stereocenters. The van der Waals surface area contributed by atoms with Crippen LogP contribution in [0, 0.1) is 5.41 Å². The molecule has 0 fully saturated rings. The number of esters is 1. The van der Waals surface area contributed by atoms with Crippen molar-refractivity contribution in [3.63, 3.8) is 0 Å². The summed E-state index contributed by atoms with van der Waals surface area (Å²) in [6.07, 6.45) is -0.897. The van der Waals surface area contributed by atoms with E-state index in [2.05, 4.69) is 5.32 Å². The molecule has 38 heavy (non-hydrogen) atoms. The molecule has 0 atom stereocenters. The first-order chi connectivity index (χ1) is 18.1. The minimum absolute atomic E-state index is 0.00828. The van der Waals surface area contributed by atoms with Gasteiger partial charge in [0.1, 0.15) is 18.9 Å². The lowest BCUT2D eigenvalue weighted by Crippen LogP contribution is -2.35. The third-order valence-corrected chi connectivity index (χ3v) is 5.03. The van der Waals surface area contributed by atoms with Crippen LogP contribution in [-0.4, -0.2) is 51.6 Å². The summed E-state index contributed by atoms with van der Waals surface area (Å²) >= 11 is 0. The number of aromatic carboxylic acids is 1. The Labute approximate surface area is 216 Å². The smallest absolute Gasteiger partial charge is 0.410 e. The number of nitrogens with two attached hydrogens (primary N) is 1. The van der Waals surface area contributed by atoms with Gasteiger partial charge in [0.15, 0.2) is 5.96 Å². The normalized spacial score (nSPS) is 10.2. The topological polar surface area (TPSA) is 192 Å². The molecule has 0 aromatic heterocycles. The Morgan fingerprint density at radius 2 is 1.58 bits per heavy atom. The fourth-order valence-electron chi connectivity index (χ4n) is 3.27. The molecule has 0 saturated heterocycles. The van der Waals surface area contributed by atoms with Gasteiger partial charge in [-0.1, -0.05) is 24.3 Å². The third-order valence-electron chi connectivity index (χ3n) is 5.03. The van der Waals surface area contributed by atoms with E-state index in [-0.39, 0.29) is 36.0 Å². The molecular formula is C26H24N4O8. The van der Waals surface area contributed by atoms with Gasteiger partial charge in [-0.2, -0.15) is 0 Å². The molecule has 0 aliphatic rings. The lowest BCUT2D eigenvalue weighted by atomic mass is 10.1. The van der Waals surface area contributed by atoms with E-state index < -0.39 is 30.5 Å². The van der Waals surface area contributed by atoms with E-state index in [1.54, 1.807) is 30.3 Å². The first kappa shape index (κ1) is 27.2. The zero-order valence-electron chi connectivity index (χ0n) is 19.9. The lowest BCUT2D eigenvalue weighted by molar-refractivity contribution is -0.138. The van der Waals surface area contributed by atoms with Gasteiger partial charge in [0.2, 0.25) is 0 Å². The maximum Gasteiger partial charge on any atom is 0.410 e. The van der Waals surface area contributed by atoms with Crippen LogP contribution in [0.1, 0.15) is 31.8 Å². The number of carbonyl (C=O) groups is 4. The van der Waals surface area contributed by atoms with E-state index >= 15 is 0 Å². The minimum atomic E-state index is -1.26. The van der Waals surface area contributed by atoms with E-state index in [0.29, 0.717) is 16.8 Å². The highest BCUT2D eigenvalue weighted by atomic mass is 16.6. The second kappa shape index (κ2) is 12.5. The van der Waals surface area contributed by atoms with Crippen molar-refractivity contribution in [3.8, 4) is 5.75 Å². The van der Waals surface area contributed by atoms with Crippen molar-refractivity contribution < 1.29 is 38.9 Å². The van der Waals surface area contributed by atoms with Gasteiger partial charge in [0, 0.05) is 12.2 Å². The molecule has 3 aromatic carbocycles. The molecule has 0 bridgehead atoms. The van der Waals surface area contributed by atoms with Crippen molar-refractivity contribution in [1.29, 1.82) is 5.41 Å². The van der Waals surface area contributed by atoms with Crippen LogP contribution in [0.4, 0.5) is 10.5 Å². The van der Waals surface area contributed by atoms with Crippen LogP contribution >= 0.6 is 0 Å². The fourth-order valence-corrected chi connectivity index (χ4v) is 3.27. The van der Waals surface area contributed by atoms with E-state index in [1.807, 2.05) is 0 Å². The van der Waals surface area contributed by atoms with E-state index in [4.69, 9.17) is 25.7 Å². The average molecular weight is 520 g/mol. The molecule has 1 amide bonds. The molecule has 0 radical (unpaired) electrons. The molecule has 0 saturated carbocycles. The number of nitrogens with zero attached hydrogens (tertiary/aromatic N) is 1. The summed E-state index contributed by atoms with van der Waals surface area (Å²) in [5, 5.41) is 28.1. The first-order valence-corrected chi connectivity index (χ1v) is 11.1. The van der Waals surface area contributed by atoms with Gasteiger partial charge in [-0.15, -0.1) is 0 Å². The van der Waals surface area contributed by atoms with Gasteiger partial charge in [-0.05, 0) is 59.7 Å². The van der Waals surface area contributed by atoms with Gasteiger partial charge in [0.05, 0.1) is 11.1 Å². The predicted molar refractivity (Wildman–Crippen MR) is 135 cm³/mol. The van der Waals surface area contributed by atoms with Crippen molar-refractivity contribution in [3.05, 3.63) is 95.1 Å². The Balaban J connectivity index is 1.57. The van der Waals surface area contributed by atoms with Crippen molar-refractivity contribution in [2.24, 2.45) is 5.73 Å². The number of carboxylic acids is 2. The fraction of sp³-hybridized carbons (Fsp3) is 0.115. The third kappa shape index (κ3) is 8.09. The zero-order valence-corrected chi connectivity index (χ0v) is 19.9. The van der Waals surface area contributed by atoms with Gasteiger partial charge in [-0.3, -0.25) is 15.1 Å².